The van der Waals surface area contributed by atoms with E-state index in [0.29, 0.717) is 22.5 Å². The molecule has 0 atom stereocenters. The topological polar surface area (TPSA) is 117 Å². The first kappa shape index (κ1) is 16.8. The van der Waals surface area contributed by atoms with Crippen LogP contribution in [0.4, 0.5) is 17.1 Å². The Labute approximate surface area is 153 Å². The van der Waals surface area contributed by atoms with E-state index in [1.165, 1.54) is 18.2 Å². The third-order valence-corrected chi connectivity index (χ3v) is 3.99. The molecule has 119 valence electrons. The first-order valence-electron chi connectivity index (χ1n) is 7.03. The van der Waals surface area contributed by atoms with E-state index < -0.39 is 10.8 Å². The minimum absolute atomic E-state index is 0. The average molecular weight is 329 g/mol. The van der Waals surface area contributed by atoms with Crippen molar-refractivity contribution in [1.29, 1.82) is 0 Å². The van der Waals surface area contributed by atoms with Gasteiger partial charge in [0.15, 0.2) is 0 Å². The first-order chi connectivity index (χ1) is 11.6. The fourth-order valence-corrected chi connectivity index (χ4v) is 2.93. The summed E-state index contributed by atoms with van der Waals surface area (Å²) in [5, 5.41) is 29.3. The molecule has 0 fully saturated rings. The maximum Gasteiger partial charge on any atom is 0.271 e. The van der Waals surface area contributed by atoms with E-state index in [9.17, 15) is 20.1 Å². The number of carbonyl (C=O) groups is 1. The van der Waals surface area contributed by atoms with Crippen molar-refractivity contribution in [2.24, 2.45) is 5.16 Å². The average Bonchev–Trinajstić information content (AvgIpc) is 3.09. The summed E-state index contributed by atoms with van der Waals surface area (Å²) >= 11 is 0. The maximum atomic E-state index is 12.4. The third-order valence-electron chi connectivity index (χ3n) is 3.99. The standard InChI is InChI=1S/C16H10N4O4.Li/c21-16-13(9-6-5-8(20(23)24)7-12(9)18-16)15-14(19-22)10-3-1-2-4-11(10)17-15;/h1-7,17,22H,(H,18,21);/b15-13-,19-14+;. The zero-order valence-electron chi connectivity index (χ0n) is 13.1. The summed E-state index contributed by atoms with van der Waals surface area (Å²) in [6.07, 6.45) is 0. The summed E-state index contributed by atoms with van der Waals surface area (Å²) in [4.78, 5) is 22.8. The Morgan fingerprint density at radius 3 is 2.52 bits per heavy atom. The molecule has 0 bridgehead atoms. The molecule has 0 saturated carbocycles. The van der Waals surface area contributed by atoms with Crippen LogP contribution in [0.1, 0.15) is 11.1 Å². The van der Waals surface area contributed by atoms with Crippen LogP contribution in [0.3, 0.4) is 0 Å². The number of amides is 1. The molecular formula is C16H10LiN4O4. The van der Waals surface area contributed by atoms with Gasteiger partial charge in [0.1, 0.15) is 5.71 Å². The number of anilines is 2. The smallest absolute Gasteiger partial charge is 0.271 e. The Kier molecular flexibility index (Phi) is 4.08. The molecule has 4 rings (SSSR count). The van der Waals surface area contributed by atoms with Crippen LogP contribution < -0.4 is 10.6 Å². The summed E-state index contributed by atoms with van der Waals surface area (Å²) in [7, 11) is 0. The molecule has 0 aliphatic carbocycles. The number of hydrogen-bond donors (Lipinski definition) is 3. The number of nitro benzene ring substituents is 1. The normalized spacial score (nSPS) is 18.9. The van der Waals surface area contributed by atoms with Crippen LogP contribution in [0, 0.1) is 10.1 Å². The van der Waals surface area contributed by atoms with Gasteiger partial charge < -0.3 is 15.8 Å². The number of para-hydroxylation sites is 1. The van der Waals surface area contributed by atoms with Crippen LogP contribution in [0.25, 0.3) is 5.57 Å². The monoisotopic (exact) mass is 329 g/mol. The van der Waals surface area contributed by atoms with Crippen molar-refractivity contribution in [3.63, 3.8) is 0 Å². The number of allylic oxidation sites excluding steroid dienone is 1. The second kappa shape index (κ2) is 6.09. The van der Waals surface area contributed by atoms with E-state index in [1.54, 1.807) is 18.2 Å². The molecule has 25 heavy (non-hydrogen) atoms. The van der Waals surface area contributed by atoms with E-state index in [1.807, 2.05) is 6.07 Å². The number of oxime groups is 1. The van der Waals surface area contributed by atoms with Gasteiger partial charge in [-0.25, -0.2) is 0 Å². The van der Waals surface area contributed by atoms with Crippen molar-refractivity contribution in [3.05, 3.63) is 69.4 Å². The summed E-state index contributed by atoms with van der Waals surface area (Å²) in [6.45, 7) is 0. The SMILES string of the molecule is O=C1Nc2cc([N+](=O)[O-])ccc2/C1=C1/Nc2ccccc2/C1=N\O.[Li]. The minimum Gasteiger partial charge on any atom is -0.410 e. The van der Waals surface area contributed by atoms with Gasteiger partial charge in [0.05, 0.1) is 21.9 Å². The third kappa shape index (κ3) is 2.48. The van der Waals surface area contributed by atoms with Crippen LogP contribution in [0.5, 0.6) is 0 Å². The molecule has 8 nitrogen and oxygen atoms in total. The molecule has 3 N–H and O–H groups in total. The molecule has 1 radical (unpaired) electrons. The van der Waals surface area contributed by atoms with E-state index in [4.69, 9.17) is 0 Å². The van der Waals surface area contributed by atoms with Crippen molar-refractivity contribution in [1.82, 2.24) is 0 Å². The summed E-state index contributed by atoms with van der Waals surface area (Å²) in [5.74, 6) is -0.415. The Bertz CT molecular complexity index is 984. The van der Waals surface area contributed by atoms with Crippen LogP contribution in [0.15, 0.2) is 53.3 Å². The van der Waals surface area contributed by atoms with E-state index in [0.717, 1.165) is 5.69 Å². The van der Waals surface area contributed by atoms with Crippen molar-refractivity contribution >= 4 is 53.1 Å². The summed E-state index contributed by atoms with van der Waals surface area (Å²) in [6, 6.07) is 11.3. The molecule has 1 amide bonds. The fraction of sp³-hybridized carbons (Fsp3) is 0. The second-order valence-electron chi connectivity index (χ2n) is 5.31. The molecule has 2 aromatic rings. The van der Waals surface area contributed by atoms with Crippen LogP contribution >= 0.6 is 0 Å². The van der Waals surface area contributed by atoms with Crippen molar-refractivity contribution in [3.8, 4) is 0 Å². The molecular weight excluding hydrogens is 319 g/mol. The van der Waals surface area contributed by atoms with E-state index in [2.05, 4.69) is 15.8 Å². The Balaban J connectivity index is 0.00000182. The molecule has 2 aliphatic heterocycles. The molecule has 2 aliphatic rings. The van der Waals surface area contributed by atoms with Crippen molar-refractivity contribution in [2.45, 2.75) is 0 Å². The van der Waals surface area contributed by atoms with Gasteiger partial charge in [-0.1, -0.05) is 23.4 Å². The number of nitro groups is 1. The predicted octanol–water partition coefficient (Wildman–Crippen LogP) is 2.18. The van der Waals surface area contributed by atoms with Gasteiger partial charge in [0, 0.05) is 47.8 Å². The van der Waals surface area contributed by atoms with Crippen LogP contribution in [-0.4, -0.2) is 40.6 Å². The largest absolute Gasteiger partial charge is 0.410 e. The zero-order valence-corrected chi connectivity index (χ0v) is 13.1. The number of nitrogens with one attached hydrogen (secondary N) is 2. The van der Waals surface area contributed by atoms with Crippen molar-refractivity contribution in [2.75, 3.05) is 10.6 Å². The number of rotatable bonds is 1. The summed E-state index contributed by atoms with van der Waals surface area (Å²) < 4.78 is 0. The molecule has 0 saturated heterocycles. The summed E-state index contributed by atoms with van der Waals surface area (Å²) in [5.41, 5.74) is 3.05. The molecule has 0 unspecified atom stereocenters. The Hall–Kier alpha value is -3.08. The van der Waals surface area contributed by atoms with Crippen molar-refractivity contribution < 1.29 is 14.9 Å². The number of non-ortho nitro benzene ring substituents is 1. The minimum atomic E-state index is -0.526. The number of benzene rings is 2. The first-order valence-corrected chi connectivity index (χ1v) is 7.03. The molecule has 2 aromatic carbocycles. The Morgan fingerprint density at radius 2 is 1.80 bits per heavy atom. The fourth-order valence-electron chi connectivity index (χ4n) is 2.93. The number of hydrogen-bond acceptors (Lipinski definition) is 6. The molecule has 2 heterocycles. The number of fused-ring (bicyclic) bond motifs is 2. The van der Waals surface area contributed by atoms with Gasteiger partial charge in [-0.05, 0) is 12.1 Å². The quantitative estimate of drug-likeness (QED) is 0.244. The maximum absolute atomic E-state index is 12.4. The molecule has 0 aromatic heterocycles. The predicted molar refractivity (Wildman–Crippen MR) is 92.8 cm³/mol. The molecule has 9 heteroatoms. The number of nitrogens with zero attached hydrogens (tertiary/aromatic N) is 2. The van der Waals surface area contributed by atoms with Crippen LogP contribution in [0.2, 0.25) is 0 Å². The second-order valence-corrected chi connectivity index (χ2v) is 5.31. The van der Waals surface area contributed by atoms with Crippen LogP contribution in [-0.2, 0) is 4.79 Å². The van der Waals surface area contributed by atoms with E-state index >= 15 is 0 Å². The van der Waals surface area contributed by atoms with Gasteiger partial charge >= 0.3 is 0 Å². The van der Waals surface area contributed by atoms with Gasteiger partial charge in [0.25, 0.3) is 11.6 Å². The van der Waals surface area contributed by atoms with Gasteiger partial charge in [-0.2, -0.15) is 0 Å². The Morgan fingerprint density at radius 1 is 1.04 bits per heavy atom. The molecule has 0 spiro atoms. The zero-order chi connectivity index (χ0) is 16.8. The number of carbonyl (C=O) groups excluding carboxylic acids is 1. The van der Waals surface area contributed by atoms with E-state index in [-0.39, 0.29) is 35.8 Å². The van der Waals surface area contributed by atoms with Gasteiger partial charge in [0.2, 0.25) is 0 Å². The van der Waals surface area contributed by atoms with Gasteiger partial charge in [-0.15, -0.1) is 0 Å². The van der Waals surface area contributed by atoms with Gasteiger partial charge in [-0.3, -0.25) is 14.9 Å².